The van der Waals surface area contributed by atoms with Crippen LogP contribution in [0, 0.1) is 0 Å². The molecule has 1 aliphatic rings. The summed E-state index contributed by atoms with van der Waals surface area (Å²) in [6.45, 7) is 9.57. The van der Waals surface area contributed by atoms with Gasteiger partial charge in [-0.2, -0.15) is 0 Å². The maximum Gasteiger partial charge on any atom is 0.236 e. The Morgan fingerprint density at radius 2 is 1.81 bits per heavy atom. The summed E-state index contributed by atoms with van der Waals surface area (Å²) in [6.07, 6.45) is 1.52. The minimum atomic E-state index is -0.533. The molecule has 94 valence electrons. The lowest BCUT2D eigenvalue weighted by atomic mass is 9.94. The van der Waals surface area contributed by atoms with E-state index < -0.39 is 5.60 Å². The van der Waals surface area contributed by atoms with Crippen LogP contribution < -0.4 is 0 Å². The molecule has 1 amide bonds. The fourth-order valence-electron chi connectivity index (χ4n) is 2.06. The number of carbonyl (C=O) groups excluding carboxylic acids is 1. The molecule has 0 aliphatic carbocycles. The number of hydrogen-bond acceptors (Lipinski definition) is 3. The van der Waals surface area contributed by atoms with Crippen LogP contribution in [-0.4, -0.2) is 59.1 Å². The molecule has 0 aromatic carbocycles. The highest BCUT2D eigenvalue weighted by Gasteiger charge is 2.28. The molecule has 1 saturated heterocycles. The van der Waals surface area contributed by atoms with Crippen molar-refractivity contribution in [1.29, 1.82) is 0 Å². The van der Waals surface area contributed by atoms with Gasteiger partial charge in [-0.3, -0.25) is 9.69 Å². The van der Waals surface area contributed by atoms with Crippen molar-refractivity contribution in [2.75, 3.05) is 32.7 Å². The average molecular weight is 228 g/mol. The molecule has 4 nitrogen and oxygen atoms in total. The van der Waals surface area contributed by atoms with Crippen LogP contribution >= 0.6 is 0 Å². The molecule has 0 aromatic heterocycles. The predicted molar refractivity (Wildman–Crippen MR) is 64.2 cm³/mol. The molecule has 1 rings (SSSR count). The zero-order chi connectivity index (χ0) is 12.2. The number of hydrogen-bond donors (Lipinski definition) is 1. The topological polar surface area (TPSA) is 43.8 Å². The fourth-order valence-corrected chi connectivity index (χ4v) is 2.06. The van der Waals surface area contributed by atoms with E-state index in [9.17, 15) is 9.90 Å². The van der Waals surface area contributed by atoms with Crippen LogP contribution in [-0.2, 0) is 4.79 Å². The Bertz CT molecular complexity index is 227. The van der Waals surface area contributed by atoms with Crippen LogP contribution in [0.4, 0.5) is 0 Å². The van der Waals surface area contributed by atoms with Crippen LogP contribution in [0.1, 0.15) is 33.6 Å². The lowest BCUT2D eigenvalue weighted by molar-refractivity contribution is -0.133. The van der Waals surface area contributed by atoms with Gasteiger partial charge < -0.3 is 10.0 Å². The Labute approximate surface area is 98.2 Å². The second-order valence-electron chi connectivity index (χ2n) is 4.84. The second-order valence-corrected chi connectivity index (χ2v) is 4.84. The number of piperidine rings is 1. The summed E-state index contributed by atoms with van der Waals surface area (Å²) in [7, 11) is 0. The summed E-state index contributed by atoms with van der Waals surface area (Å²) < 4.78 is 0. The van der Waals surface area contributed by atoms with Crippen molar-refractivity contribution >= 4 is 5.91 Å². The molecule has 1 N–H and O–H groups in total. The van der Waals surface area contributed by atoms with Crippen molar-refractivity contribution in [2.45, 2.75) is 39.2 Å². The van der Waals surface area contributed by atoms with Gasteiger partial charge in [-0.25, -0.2) is 0 Å². The molecular formula is C12H24N2O2. The van der Waals surface area contributed by atoms with Crippen LogP contribution in [0.2, 0.25) is 0 Å². The monoisotopic (exact) mass is 228 g/mol. The highest BCUT2D eigenvalue weighted by molar-refractivity contribution is 5.78. The van der Waals surface area contributed by atoms with Crippen molar-refractivity contribution < 1.29 is 9.90 Å². The van der Waals surface area contributed by atoms with E-state index in [1.54, 1.807) is 0 Å². The van der Waals surface area contributed by atoms with Crippen LogP contribution in [0.15, 0.2) is 0 Å². The summed E-state index contributed by atoms with van der Waals surface area (Å²) in [4.78, 5) is 15.8. The lowest BCUT2D eigenvalue weighted by Gasteiger charge is -2.36. The third-order valence-electron chi connectivity index (χ3n) is 3.41. The SMILES string of the molecule is CCN(CC)C(=O)CN1CCC(C)(O)CC1. The van der Waals surface area contributed by atoms with Crippen LogP contribution in [0.25, 0.3) is 0 Å². The van der Waals surface area contributed by atoms with E-state index >= 15 is 0 Å². The molecule has 16 heavy (non-hydrogen) atoms. The van der Waals surface area contributed by atoms with Gasteiger partial charge in [-0.05, 0) is 33.6 Å². The van der Waals surface area contributed by atoms with Crippen molar-refractivity contribution in [3.8, 4) is 0 Å². The minimum absolute atomic E-state index is 0.201. The summed E-state index contributed by atoms with van der Waals surface area (Å²) >= 11 is 0. The number of likely N-dealkylation sites (N-methyl/N-ethyl adjacent to an activating group) is 1. The number of carbonyl (C=O) groups is 1. The Balaban J connectivity index is 2.36. The van der Waals surface area contributed by atoms with E-state index in [-0.39, 0.29) is 5.91 Å². The molecule has 0 spiro atoms. The van der Waals surface area contributed by atoms with E-state index in [1.165, 1.54) is 0 Å². The fraction of sp³-hybridized carbons (Fsp3) is 0.917. The first-order valence-corrected chi connectivity index (χ1v) is 6.21. The number of likely N-dealkylation sites (tertiary alicyclic amines) is 1. The first kappa shape index (κ1) is 13.5. The molecule has 4 heteroatoms. The summed E-state index contributed by atoms with van der Waals surface area (Å²) in [5.41, 5.74) is -0.533. The Morgan fingerprint density at radius 3 is 2.25 bits per heavy atom. The zero-order valence-electron chi connectivity index (χ0n) is 10.7. The molecule has 0 aromatic rings. The molecule has 0 unspecified atom stereocenters. The predicted octanol–water partition coefficient (Wildman–Crippen LogP) is 0.702. The number of aliphatic hydroxyl groups is 1. The quantitative estimate of drug-likeness (QED) is 0.770. The Kier molecular flexibility index (Phi) is 4.74. The van der Waals surface area contributed by atoms with E-state index in [1.807, 2.05) is 25.7 Å². The van der Waals surface area contributed by atoms with Crippen molar-refractivity contribution in [3.05, 3.63) is 0 Å². The van der Waals surface area contributed by atoms with Gasteiger partial charge in [0.15, 0.2) is 0 Å². The third-order valence-corrected chi connectivity index (χ3v) is 3.41. The molecule has 0 bridgehead atoms. The van der Waals surface area contributed by atoms with Gasteiger partial charge in [0.05, 0.1) is 12.1 Å². The number of nitrogens with zero attached hydrogens (tertiary/aromatic N) is 2. The normalized spacial score (nSPS) is 20.8. The largest absolute Gasteiger partial charge is 0.390 e. The van der Waals surface area contributed by atoms with Gasteiger partial charge in [0.1, 0.15) is 0 Å². The number of amides is 1. The Hall–Kier alpha value is -0.610. The molecular weight excluding hydrogens is 204 g/mol. The first-order valence-electron chi connectivity index (χ1n) is 6.21. The van der Waals surface area contributed by atoms with E-state index in [0.717, 1.165) is 39.0 Å². The molecule has 0 saturated carbocycles. The maximum atomic E-state index is 11.9. The van der Waals surface area contributed by atoms with Gasteiger partial charge in [-0.15, -0.1) is 0 Å². The zero-order valence-corrected chi connectivity index (χ0v) is 10.7. The smallest absolute Gasteiger partial charge is 0.236 e. The summed E-state index contributed by atoms with van der Waals surface area (Å²) in [5, 5.41) is 9.81. The van der Waals surface area contributed by atoms with Gasteiger partial charge in [-0.1, -0.05) is 0 Å². The molecule has 1 fully saturated rings. The molecule has 1 aliphatic heterocycles. The lowest BCUT2D eigenvalue weighted by Crippen LogP contribution is -2.47. The van der Waals surface area contributed by atoms with E-state index in [0.29, 0.717) is 6.54 Å². The van der Waals surface area contributed by atoms with Gasteiger partial charge in [0.2, 0.25) is 5.91 Å². The second kappa shape index (κ2) is 5.64. The van der Waals surface area contributed by atoms with Crippen molar-refractivity contribution in [2.24, 2.45) is 0 Å². The van der Waals surface area contributed by atoms with Crippen LogP contribution in [0.5, 0.6) is 0 Å². The van der Waals surface area contributed by atoms with Crippen LogP contribution in [0.3, 0.4) is 0 Å². The number of rotatable bonds is 4. The van der Waals surface area contributed by atoms with E-state index in [2.05, 4.69) is 4.90 Å². The molecule has 1 heterocycles. The van der Waals surface area contributed by atoms with Crippen molar-refractivity contribution in [3.63, 3.8) is 0 Å². The highest BCUT2D eigenvalue weighted by atomic mass is 16.3. The average Bonchev–Trinajstić information content (AvgIpc) is 2.23. The van der Waals surface area contributed by atoms with Gasteiger partial charge in [0.25, 0.3) is 0 Å². The maximum absolute atomic E-state index is 11.9. The third kappa shape index (κ3) is 3.76. The van der Waals surface area contributed by atoms with Gasteiger partial charge >= 0.3 is 0 Å². The summed E-state index contributed by atoms with van der Waals surface area (Å²) in [5.74, 6) is 0.201. The van der Waals surface area contributed by atoms with Gasteiger partial charge in [0, 0.05) is 26.2 Å². The van der Waals surface area contributed by atoms with Crippen molar-refractivity contribution in [1.82, 2.24) is 9.80 Å². The standard InChI is InChI=1S/C12H24N2O2/c1-4-14(5-2)11(15)10-13-8-6-12(3,16)7-9-13/h16H,4-10H2,1-3H3. The summed E-state index contributed by atoms with van der Waals surface area (Å²) in [6, 6.07) is 0. The Morgan fingerprint density at radius 1 is 1.31 bits per heavy atom. The van der Waals surface area contributed by atoms with E-state index in [4.69, 9.17) is 0 Å². The molecule has 0 radical (unpaired) electrons. The highest BCUT2D eigenvalue weighted by Crippen LogP contribution is 2.20. The minimum Gasteiger partial charge on any atom is -0.390 e. The first-order chi connectivity index (χ1) is 7.48. The molecule has 0 atom stereocenters.